The van der Waals surface area contributed by atoms with Crippen LogP contribution in [0, 0.1) is 18.6 Å². The van der Waals surface area contributed by atoms with Crippen molar-refractivity contribution < 1.29 is 26.7 Å². The number of rotatable bonds is 6. The Morgan fingerprint density at radius 3 is 2.66 bits per heavy atom. The van der Waals surface area contributed by atoms with Crippen LogP contribution >= 0.6 is 34.3 Å². The maximum Gasteiger partial charge on any atom is 0.350 e. The van der Waals surface area contributed by atoms with Gasteiger partial charge in [0.15, 0.2) is 5.13 Å². The molecule has 0 spiro atoms. The average Bonchev–Trinajstić information content (AvgIpc) is 3.20. The van der Waals surface area contributed by atoms with Gasteiger partial charge in [-0.1, -0.05) is 22.9 Å². The zero-order chi connectivity index (χ0) is 21.3. The Labute approximate surface area is 178 Å². The van der Waals surface area contributed by atoms with Gasteiger partial charge in [0, 0.05) is 11.1 Å². The van der Waals surface area contributed by atoms with Gasteiger partial charge in [-0.15, -0.1) is 11.3 Å². The Morgan fingerprint density at radius 1 is 1.24 bits per heavy atom. The van der Waals surface area contributed by atoms with Crippen molar-refractivity contribution in [2.24, 2.45) is 0 Å². The van der Waals surface area contributed by atoms with Crippen molar-refractivity contribution in [2.45, 2.75) is 18.1 Å². The molecule has 1 aromatic carbocycles. The first-order valence-corrected chi connectivity index (χ1v) is 11.5. The topological polar surface area (TPSA) is 85.4 Å². The lowest BCUT2D eigenvalue weighted by Crippen LogP contribution is -2.11. The fraction of sp³-hybridized carbons (Fsp3) is 0.176. The van der Waals surface area contributed by atoms with Crippen LogP contribution in [0.5, 0.6) is 0 Å². The molecule has 0 radical (unpaired) electrons. The molecule has 1 N–H and O–H groups in total. The Kier molecular flexibility index (Phi) is 6.22. The molecule has 154 valence electrons. The van der Waals surface area contributed by atoms with Gasteiger partial charge in [0.2, 0.25) is 0 Å². The van der Waals surface area contributed by atoms with Crippen LogP contribution in [0.3, 0.4) is 0 Å². The van der Waals surface area contributed by atoms with E-state index < -0.39 is 27.6 Å². The minimum atomic E-state index is -4.12. The van der Waals surface area contributed by atoms with Crippen LogP contribution in [0.2, 0.25) is 4.34 Å². The van der Waals surface area contributed by atoms with Crippen molar-refractivity contribution >= 4 is 55.4 Å². The third kappa shape index (κ3) is 4.58. The molecule has 0 atom stereocenters. The minimum Gasteiger partial charge on any atom is -0.462 e. The van der Waals surface area contributed by atoms with Crippen LogP contribution in [-0.4, -0.2) is 26.0 Å². The van der Waals surface area contributed by atoms with E-state index in [1.54, 1.807) is 13.8 Å². The van der Waals surface area contributed by atoms with Gasteiger partial charge < -0.3 is 4.74 Å². The number of thiazole rings is 1. The monoisotopic (exact) mass is 478 g/mol. The molecule has 0 saturated heterocycles. The van der Waals surface area contributed by atoms with E-state index in [1.165, 1.54) is 0 Å². The van der Waals surface area contributed by atoms with Crippen LogP contribution in [-0.2, 0) is 14.8 Å². The van der Waals surface area contributed by atoms with Gasteiger partial charge >= 0.3 is 5.97 Å². The predicted octanol–water partition coefficient (Wildman–Crippen LogP) is 5.09. The minimum absolute atomic E-state index is 0.0163. The van der Waals surface area contributed by atoms with E-state index in [0.717, 1.165) is 35.6 Å². The maximum atomic E-state index is 14.0. The fourth-order valence-corrected chi connectivity index (χ4v) is 6.20. The summed E-state index contributed by atoms with van der Waals surface area (Å²) >= 11 is 7.59. The van der Waals surface area contributed by atoms with E-state index in [1.807, 2.05) is 0 Å². The van der Waals surface area contributed by atoms with Crippen molar-refractivity contribution in [3.8, 4) is 11.1 Å². The fourth-order valence-electron chi connectivity index (χ4n) is 2.36. The van der Waals surface area contributed by atoms with Gasteiger partial charge in [0.25, 0.3) is 10.0 Å². The number of anilines is 1. The van der Waals surface area contributed by atoms with Gasteiger partial charge in [0.05, 0.1) is 12.3 Å². The van der Waals surface area contributed by atoms with Gasteiger partial charge in [-0.2, -0.15) is 0 Å². The first-order chi connectivity index (χ1) is 13.6. The molecule has 3 rings (SSSR count). The van der Waals surface area contributed by atoms with Crippen LogP contribution in [0.4, 0.5) is 13.9 Å². The number of halogens is 3. The molecule has 0 bridgehead atoms. The quantitative estimate of drug-likeness (QED) is 0.499. The van der Waals surface area contributed by atoms with Crippen molar-refractivity contribution in [1.82, 2.24) is 4.98 Å². The second kappa shape index (κ2) is 8.34. The highest BCUT2D eigenvalue weighted by Gasteiger charge is 2.25. The highest BCUT2D eigenvalue weighted by molar-refractivity contribution is 7.95. The predicted molar refractivity (Wildman–Crippen MR) is 108 cm³/mol. The summed E-state index contributed by atoms with van der Waals surface area (Å²) in [6, 6.07) is 3.97. The van der Waals surface area contributed by atoms with E-state index >= 15 is 0 Å². The molecule has 0 aliphatic carbocycles. The summed E-state index contributed by atoms with van der Waals surface area (Å²) in [4.78, 5) is 16.1. The number of nitrogens with zero attached hydrogens (tertiary/aromatic N) is 1. The summed E-state index contributed by atoms with van der Waals surface area (Å²) in [5.74, 6) is -2.02. The number of carbonyl (C=O) groups excluding carboxylic acids is 1. The molecule has 29 heavy (non-hydrogen) atoms. The Balaban J connectivity index is 1.92. The Morgan fingerprint density at radius 2 is 1.97 bits per heavy atom. The van der Waals surface area contributed by atoms with E-state index in [9.17, 15) is 22.0 Å². The average molecular weight is 479 g/mol. The Hall–Kier alpha value is -2.08. The number of ether oxygens (including phenoxy) is 1. The molecule has 0 unspecified atom stereocenters. The Bertz CT molecular complexity index is 1190. The summed E-state index contributed by atoms with van der Waals surface area (Å²) in [6.07, 6.45) is 0. The first kappa shape index (κ1) is 21.6. The SMILES string of the molecule is CCOC(=O)c1sc(NS(=O)(=O)c2cc(-c3cc(F)ccc3F)c(Cl)s2)nc1C. The highest BCUT2D eigenvalue weighted by atomic mass is 35.5. The molecule has 2 aromatic heterocycles. The van der Waals surface area contributed by atoms with Crippen molar-refractivity contribution in [3.05, 3.63) is 50.8 Å². The molecule has 0 fully saturated rings. The van der Waals surface area contributed by atoms with Crippen molar-refractivity contribution in [3.63, 3.8) is 0 Å². The largest absolute Gasteiger partial charge is 0.462 e. The molecular weight excluding hydrogens is 466 g/mol. The first-order valence-electron chi connectivity index (χ1n) is 8.04. The molecule has 0 aliphatic heterocycles. The lowest BCUT2D eigenvalue weighted by molar-refractivity contribution is 0.0531. The number of esters is 1. The van der Waals surface area contributed by atoms with Gasteiger partial charge in [-0.3, -0.25) is 4.72 Å². The number of nitrogens with one attached hydrogen (secondary N) is 1. The summed E-state index contributed by atoms with van der Waals surface area (Å²) in [5.41, 5.74) is 0.219. The molecular formula is C17H13ClF2N2O4S3. The molecule has 12 heteroatoms. The number of hydrogen-bond donors (Lipinski definition) is 1. The zero-order valence-corrected chi connectivity index (χ0v) is 18.2. The van der Waals surface area contributed by atoms with E-state index in [0.29, 0.717) is 17.0 Å². The highest BCUT2D eigenvalue weighted by Crippen LogP contribution is 2.40. The number of aryl methyl sites for hydroxylation is 1. The summed E-state index contributed by atoms with van der Waals surface area (Å²) in [6.45, 7) is 3.37. The third-order valence-electron chi connectivity index (χ3n) is 3.63. The van der Waals surface area contributed by atoms with Gasteiger partial charge in [-0.05, 0) is 38.1 Å². The second-order valence-electron chi connectivity index (χ2n) is 5.64. The third-order valence-corrected chi connectivity index (χ3v) is 7.98. The lowest BCUT2D eigenvalue weighted by Gasteiger charge is -2.02. The number of carbonyl (C=O) groups is 1. The standard InChI is InChI=1S/C17H13ClF2N2O4S3/c1-3-26-16(23)14-8(2)21-17(28-14)22-29(24,25)13-7-11(15(18)27-13)10-6-9(19)4-5-12(10)20/h4-7H,3H2,1-2H3,(H,21,22). The zero-order valence-electron chi connectivity index (χ0n) is 15.0. The van der Waals surface area contributed by atoms with E-state index in [-0.39, 0.29) is 36.3 Å². The summed E-state index contributed by atoms with van der Waals surface area (Å²) in [7, 11) is -4.12. The molecule has 3 aromatic rings. The summed E-state index contributed by atoms with van der Waals surface area (Å²) in [5, 5.41) is -0.0337. The maximum absolute atomic E-state index is 14.0. The van der Waals surface area contributed by atoms with Crippen LogP contribution in [0.25, 0.3) is 11.1 Å². The van der Waals surface area contributed by atoms with Crippen molar-refractivity contribution in [2.75, 3.05) is 11.3 Å². The van der Waals surface area contributed by atoms with Gasteiger partial charge in [-0.25, -0.2) is 27.0 Å². The van der Waals surface area contributed by atoms with Crippen LogP contribution in [0.1, 0.15) is 22.3 Å². The molecule has 0 aliphatic rings. The molecule has 2 heterocycles. The number of benzene rings is 1. The molecule has 0 saturated carbocycles. The van der Waals surface area contributed by atoms with Crippen LogP contribution < -0.4 is 4.72 Å². The summed E-state index contributed by atoms with van der Waals surface area (Å²) < 4.78 is 59.8. The van der Waals surface area contributed by atoms with Crippen LogP contribution in [0.15, 0.2) is 28.5 Å². The smallest absolute Gasteiger partial charge is 0.350 e. The number of thiophene rings is 1. The number of aromatic nitrogens is 1. The number of hydrogen-bond acceptors (Lipinski definition) is 7. The van der Waals surface area contributed by atoms with E-state index in [2.05, 4.69) is 9.71 Å². The van der Waals surface area contributed by atoms with Crippen molar-refractivity contribution in [1.29, 1.82) is 0 Å². The lowest BCUT2D eigenvalue weighted by atomic mass is 10.1. The molecule has 6 nitrogen and oxygen atoms in total. The number of sulfonamides is 1. The van der Waals surface area contributed by atoms with Gasteiger partial charge in [0.1, 0.15) is 25.1 Å². The normalized spacial score (nSPS) is 11.5. The van der Waals surface area contributed by atoms with E-state index in [4.69, 9.17) is 16.3 Å². The second-order valence-corrected chi connectivity index (χ2v) is 10.2. The molecule has 0 amide bonds.